The molecule has 2 aliphatic rings. The van der Waals surface area contributed by atoms with Crippen molar-refractivity contribution in [2.24, 2.45) is 5.92 Å². The van der Waals surface area contributed by atoms with Crippen LogP contribution in [0, 0.1) is 5.92 Å². The Bertz CT molecular complexity index is 1720. The fourth-order valence-electron chi connectivity index (χ4n) is 6.63. The van der Waals surface area contributed by atoms with E-state index in [1.807, 2.05) is 85.8 Å². The number of piperazine rings is 1. The average Bonchev–Trinajstić information content (AvgIpc) is 3.09. The summed E-state index contributed by atoms with van der Waals surface area (Å²) in [7, 11) is 0. The molecule has 0 aliphatic carbocycles. The maximum absolute atomic E-state index is 14.3. The first-order chi connectivity index (χ1) is 22.9. The molecule has 2 heterocycles. The van der Waals surface area contributed by atoms with Crippen LogP contribution in [0.15, 0.2) is 103 Å². The molecule has 2 fully saturated rings. The summed E-state index contributed by atoms with van der Waals surface area (Å²) in [5.41, 5.74) is 1.97. The molecule has 9 heteroatoms. The summed E-state index contributed by atoms with van der Waals surface area (Å²) < 4.78 is 5.46. The standard InChI is InChI=1S/C38H40N4O5/c1-27(19-20-36(44)47-31-16-6-3-7-17-31)23-33-37(45)40(25-30-15-10-14-29-13-8-9-18-32(29)30)26-34-41(22-21-35(43)42(33)34)38(46)39-24-28-11-4-2-5-12-28/h2-18,27,33-34H,19-26H2,1H3,(H,39,46)/t27?,33-,34?/m0/s1. The molecule has 4 amide bonds. The third-order valence-electron chi connectivity index (χ3n) is 9.08. The molecule has 242 valence electrons. The Morgan fingerprint density at radius 2 is 1.60 bits per heavy atom. The van der Waals surface area contributed by atoms with E-state index in [9.17, 15) is 19.2 Å². The fourth-order valence-corrected chi connectivity index (χ4v) is 6.63. The highest BCUT2D eigenvalue weighted by Crippen LogP contribution is 2.32. The number of hydrogen-bond donors (Lipinski definition) is 1. The lowest BCUT2D eigenvalue weighted by Gasteiger charge is -2.52. The minimum absolute atomic E-state index is 0.0690. The lowest BCUT2D eigenvalue weighted by Crippen LogP contribution is -2.72. The van der Waals surface area contributed by atoms with Crippen molar-refractivity contribution in [1.29, 1.82) is 0 Å². The minimum Gasteiger partial charge on any atom is -0.427 e. The number of carbonyl (C=O) groups is 4. The highest BCUT2D eigenvalue weighted by molar-refractivity contribution is 5.92. The molecule has 2 saturated heterocycles. The van der Waals surface area contributed by atoms with E-state index in [4.69, 9.17) is 4.74 Å². The maximum Gasteiger partial charge on any atom is 0.319 e. The number of amides is 4. The monoisotopic (exact) mass is 632 g/mol. The van der Waals surface area contributed by atoms with Gasteiger partial charge < -0.3 is 24.8 Å². The molecule has 2 unspecified atom stereocenters. The number of urea groups is 1. The van der Waals surface area contributed by atoms with E-state index < -0.39 is 12.2 Å². The number of nitrogens with one attached hydrogen (secondary N) is 1. The Morgan fingerprint density at radius 3 is 2.38 bits per heavy atom. The van der Waals surface area contributed by atoms with E-state index in [1.165, 1.54) is 0 Å². The lowest BCUT2D eigenvalue weighted by atomic mass is 9.91. The number of esters is 1. The van der Waals surface area contributed by atoms with E-state index in [2.05, 4.69) is 5.32 Å². The van der Waals surface area contributed by atoms with Crippen LogP contribution in [0.3, 0.4) is 0 Å². The van der Waals surface area contributed by atoms with Crippen LogP contribution in [0.2, 0.25) is 0 Å². The Balaban J connectivity index is 1.22. The molecule has 0 saturated carbocycles. The second-order valence-electron chi connectivity index (χ2n) is 12.4. The maximum atomic E-state index is 14.3. The molecule has 0 spiro atoms. The van der Waals surface area contributed by atoms with Crippen LogP contribution in [-0.2, 0) is 27.5 Å². The van der Waals surface area contributed by atoms with E-state index in [-0.39, 0.29) is 55.7 Å². The molecule has 3 atom stereocenters. The van der Waals surface area contributed by atoms with Crippen molar-refractivity contribution in [1.82, 2.24) is 20.0 Å². The number of carbonyl (C=O) groups excluding carboxylic acids is 4. The van der Waals surface area contributed by atoms with Crippen molar-refractivity contribution < 1.29 is 23.9 Å². The first-order valence-corrected chi connectivity index (χ1v) is 16.3. The van der Waals surface area contributed by atoms with Crippen molar-refractivity contribution in [3.05, 3.63) is 114 Å². The zero-order chi connectivity index (χ0) is 32.8. The van der Waals surface area contributed by atoms with Crippen LogP contribution >= 0.6 is 0 Å². The van der Waals surface area contributed by atoms with Crippen molar-refractivity contribution in [3.8, 4) is 5.75 Å². The number of ether oxygens (including phenoxy) is 1. The van der Waals surface area contributed by atoms with Gasteiger partial charge in [0.05, 0.1) is 6.54 Å². The van der Waals surface area contributed by atoms with Gasteiger partial charge in [-0.05, 0) is 52.8 Å². The first kappa shape index (κ1) is 31.8. The molecular formula is C38H40N4O5. The molecule has 0 radical (unpaired) electrons. The van der Waals surface area contributed by atoms with Gasteiger partial charge in [-0.3, -0.25) is 14.4 Å². The molecule has 6 rings (SSSR count). The van der Waals surface area contributed by atoms with Gasteiger partial charge in [-0.1, -0.05) is 97.9 Å². The van der Waals surface area contributed by atoms with Gasteiger partial charge in [-0.15, -0.1) is 0 Å². The van der Waals surface area contributed by atoms with Gasteiger partial charge in [-0.2, -0.15) is 0 Å². The molecule has 1 N–H and O–H groups in total. The normalized spacial score (nSPS) is 18.5. The van der Waals surface area contributed by atoms with Crippen molar-refractivity contribution in [2.45, 2.75) is 57.9 Å². The third-order valence-corrected chi connectivity index (χ3v) is 9.08. The van der Waals surface area contributed by atoms with Gasteiger partial charge in [0.2, 0.25) is 11.8 Å². The van der Waals surface area contributed by atoms with Crippen LogP contribution in [0.4, 0.5) is 4.79 Å². The molecular weight excluding hydrogens is 592 g/mol. The summed E-state index contributed by atoms with van der Waals surface area (Å²) in [6.45, 7) is 3.17. The summed E-state index contributed by atoms with van der Waals surface area (Å²) in [5.74, 6) is -0.206. The van der Waals surface area contributed by atoms with E-state index in [1.54, 1.807) is 39.0 Å². The second kappa shape index (κ2) is 14.5. The van der Waals surface area contributed by atoms with Crippen molar-refractivity contribution >= 4 is 34.6 Å². The Hall–Kier alpha value is -5.18. The Kier molecular flexibility index (Phi) is 9.80. The first-order valence-electron chi connectivity index (χ1n) is 16.3. The molecule has 2 aliphatic heterocycles. The van der Waals surface area contributed by atoms with Crippen molar-refractivity contribution in [2.75, 3.05) is 13.1 Å². The average molecular weight is 633 g/mol. The molecule has 4 aromatic rings. The number of rotatable bonds is 10. The SMILES string of the molecule is CC(CCC(=O)Oc1ccccc1)C[C@H]1C(=O)N(Cc2cccc3ccccc23)CC2N(C(=O)NCc3ccccc3)CCC(=O)N21. The van der Waals surface area contributed by atoms with Crippen molar-refractivity contribution in [3.63, 3.8) is 0 Å². The quantitative estimate of drug-likeness (QED) is 0.178. The highest BCUT2D eigenvalue weighted by Gasteiger charge is 2.49. The predicted octanol–water partition coefficient (Wildman–Crippen LogP) is 5.73. The molecule has 47 heavy (non-hydrogen) atoms. The third kappa shape index (κ3) is 7.46. The number of fused-ring (bicyclic) bond motifs is 2. The Labute approximate surface area is 275 Å². The molecule has 4 aromatic carbocycles. The summed E-state index contributed by atoms with van der Waals surface area (Å²) >= 11 is 0. The van der Waals surface area contributed by atoms with E-state index in [0.717, 1.165) is 21.9 Å². The summed E-state index contributed by atoms with van der Waals surface area (Å²) in [6.07, 6.45) is 0.570. The number of nitrogens with zero attached hydrogens (tertiary/aromatic N) is 3. The summed E-state index contributed by atoms with van der Waals surface area (Å²) in [6, 6.07) is 31.7. The van der Waals surface area contributed by atoms with Crippen LogP contribution < -0.4 is 10.1 Å². The minimum atomic E-state index is -0.763. The van der Waals surface area contributed by atoms with Crippen LogP contribution in [0.1, 0.15) is 43.7 Å². The van der Waals surface area contributed by atoms with Gasteiger partial charge in [0.1, 0.15) is 18.0 Å². The van der Waals surface area contributed by atoms with Gasteiger partial charge in [0.25, 0.3) is 0 Å². The zero-order valence-corrected chi connectivity index (χ0v) is 26.6. The topological polar surface area (TPSA) is 99.3 Å². The summed E-state index contributed by atoms with van der Waals surface area (Å²) in [5, 5.41) is 5.16. The molecule has 9 nitrogen and oxygen atoms in total. The van der Waals surface area contributed by atoms with Gasteiger partial charge >= 0.3 is 12.0 Å². The van der Waals surface area contributed by atoms with E-state index >= 15 is 0 Å². The number of benzene rings is 4. The number of hydrogen-bond acceptors (Lipinski definition) is 5. The second-order valence-corrected chi connectivity index (χ2v) is 12.4. The summed E-state index contributed by atoms with van der Waals surface area (Å²) in [4.78, 5) is 59.2. The largest absolute Gasteiger partial charge is 0.427 e. The lowest BCUT2D eigenvalue weighted by molar-refractivity contribution is -0.168. The molecule has 0 aromatic heterocycles. The van der Waals surface area contributed by atoms with Gasteiger partial charge in [0, 0.05) is 32.5 Å². The highest BCUT2D eigenvalue weighted by atomic mass is 16.5. The van der Waals surface area contributed by atoms with Crippen LogP contribution in [-0.4, -0.2) is 63.8 Å². The number of para-hydroxylation sites is 1. The Morgan fingerprint density at radius 1 is 0.894 bits per heavy atom. The predicted molar refractivity (Wildman–Crippen MR) is 179 cm³/mol. The van der Waals surface area contributed by atoms with Gasteiger partial charge in [0.15, 0.2) is 0 Å². The smallest absolute Gasteiger partial charge is 0.319 e. The fraction of sp³-hybridized carbons (Fsp3) is 0.316. The zero-order valence-electron chi connectivity index (χ0n) is 26.6. The van der Waals surface area contributed by atoms with Crippen LogP contribution in [0.25, 0.3) is 10.8 Å². The molecule has 0 bridgehead atoms. The van der Waals surface area contributed by atoms with E-state index in [0.29, 0.717) is 31.7 Å². The van der Waals surface area contributed by atoms with Gasteiger partial charge in [-0.25, -0.2) is 4.79 Å². The van der Waals surface area contributed by atoms with Crippen LogP contribution in [0.5, 0.6) is 5.75 Å².